The summed E-state index contributed by atoms with van der Waals surface area (Å²) < 4.78 is 5.08. The second kappa shape index (κ2) is 5.14. The number of furan rings is 1. The van der Waals surface area contributed by atoms with E-state index in [2.05, 4.69) is 0 Å². The molecule has 0 aliphatic carbocycles. The summed E-state index contributed by atoms with van der Waals surface area (Å²) in [6.07, 6.45) is 0. The topological polar surface area (TPSA) is 82.3 Å². The standard InChI is InChI=1S/C12H12N2O3S/c1-8-6-10(3-4-11(8)13)18-7-9-2-5-12(17-9)14(15)16/h2-6H,7,13H2,1H3. The van der Waals surface area contributed by atoms with Gasteiger partial charge < -0.3 is 10.2 Å². The summed E-state index contributed by atoms with van der Waals surface area (Å²) in [5.41, 5.74) is 7.51. The quantitative estimate of drug-likeness (QED) is 0.396. The number of thioether (sulfide) groups is 1. The second-order valence-electron chi connectivity index (χ2n) is 3.80. The maximum absolute atomic E-state index is 10.5. The van der Waals surface area contributed by atoms with Crippen LogP contribution in [-0.4, -0.2) is 4.92 Å². The van der Waals surface area contributed by atoms with Crippen molar-refractivity contribution in [2.45, 2.75) is 17.6 Å². The van der Waals surface area contributed by atoms with Gasteiger partial charge in [-0.2, -0.15) is 0 Å². The van der Waals surface area contributed by atoms with Gasteiger partial charge in [0.25, 0.3) is 0 Å². The van der Waals surface area contributed by atoms with Crippen molar-refractivity contribution in [2.75, 3.05) is 5.73 Å². The van der Waals surface area contributed by atoms with E-state index >= 15 is 0 Å². The highest BCUT2D eigenvalue weighted by molar-refractivity contribution is 7.98. The van der Waals surface area contributed by atoms with Crippen LogP contribution in [-0.2, 0) is 5.75 Å². The van der Waals surface area contributed by atoms with Crippen LogP contribution in [0.4, 0.5) is 11.6 Å². The van der Waals surface area contributed by atoms with Crippen molar-refractivity contribution >= 4 is 23.3 Å². The average Bonchev–Trinajstić information content (AvgIpc) is 2.79. The summed E-state index contributed by atoms with van der Waals surface area (Å²) in [4.78, 5) is 11.0. The maximum atomic E-state index is 10.5. The van der Waals surface area contributed by atoms with E-state index in [1.807, 2.05) is 25.1 Å². The number of nitrogens with two attached hydrogens (primary N) is 1. The van der Waals surface area contributed by atoms with Crippen LogP contribution >= 0.6 is 11.8 Å². The normalized spacial score (nSPS) is 10.5. The molecular weight excluding hydrogens is 252 g/mol. The van der Waals surface area contributed by atoms with Gasteiger partial charge in [-0.1, -0.05) is 0 Å². The van der Waals surface area contributed by atoms with Crippen LogP contribution in [0.3, 0.4) is 0 Å². The van der Waals surface area contributed by atoms with Crippen LogP contribution in [0.15, 0.2) is 39.6 Å². The smallest absolute Gasteiger partial charge is 0.405 e. The molecule has 0 atom stereocenters. The third-order valence-electron chi connectivity index (χ3n) is 2.45. The van der Waals surface area contributed by atoms with Gasteiger partial charge in [-0.15, -0.1) is 11.8 Å². The number of hydrogen-bond donors (Lipinski definition) is 1. The van der Waals surface area contributed by atoms with Crippen LogP contribution in [0.2, 0.25) is 0 Å². The molecular formula is C12H12N2O3S. The molecule has 5 nitrogen and oxygen atoms in total. The van der Waals surface area contributed by atoms with Crippen molar-refractivity contribution in [2.24, 2.45) is 0 Å². The number of aryl methyl sites for hydroxylation is 1. The van der Waals surface area contributed by atoms with E-state index in [1.165, 1.54) is 6.07 Å². The molecule has 0 radical (unpaired) electrons. The lowest BCUT2D eigenvalue weighted by Crippen LogP contribution is -1.88. The monoisotopic (exact) mass is 264 g/mol. The summed E-state index contributed by atoms with van der Waals surface area (Å²) in [7, 11) is 0. The minimum absolute atomic E-state index is 0.223. The van der Waals surface area contributed by atoms with E-state index in [0.29, 0.717) is 11.5 Å². The van der Waals surface area contributed by atoms with Gasteiger partial charge in [0.15, 0.2) is 0 Å². The van der Waals surface area contributed by atoms with E-state index in [1.54, 1.807) is 17.8 Å². The van der Waals surface area contributed by atoms with Gasteiger partial charge in [-0.3, -0.25) is 10.1 Å². The Labute approximate surface area is 108 Å². The molecule has 0 amide bonds. The Morgan fingerprint density at radius 2 is 2.17 bits per heavy atom. The lowest BCUT2D eigenvalue weighted by molar-refractivity contribution is -0.402. The number of benzene rings is 1. The fraction of sp³-hybridized carbons (Fsp3) is 0.167. The first kappa shape index (κ1) is 12.5. The molecule has 0 aliphatic heterocycles. The number of rotatable bonds is 4. The minimum Gasteiger partial charge on any atom is -0.405 e. The molecule has 0 fully saturated rings. The van der Waals surface area contributed by atoms with Crippen molar-refractivity contribution in [1.29, 1.82) is 0 Å². The molecule has 0 unspecified atom stereocenters. The number of nitro groups is 1. The molecule has 0 saturated heterocycles. The van der Waals surface area contributed by atoms with Crippen LogP contribution in [0, 0.1) is 17.0 Å². The number of nitrogens with zero attached hydrogens (tertiary/aromatic N) is 1. The predicted molar refractivity (Wildman–Crippen MR) is 70.5 cm³/mol. The molecule has 0 saturated carbocycles. The zero-order chi connectivity index (χ0) is 13.1. The van der Waals surface area contributed by atoms with Gasteiger partial charge >= 0.3 is 5.88 Å². The predicted octanol–water partition coefficient (Wildman–Crippen LogP) is 3.37. The van der Waals surface area contributed by atoms with Crippen molar-refractivity contribution in [1.82, 2.24) is 0 Å². The molecule has 0 spiro atoms. The Balaban J connectivity index is 2.02. The van der Waals surface area contributed by atoms with Crippen molar-refractivity contribution < 1.29 is 9.34 Å². The van der Waals surface area contributed by atoms with Crippen LogP contribution < -0.4 is 5.73 Å². The highest BCUT2D eigenvalue weighted by atomic mass is 32.2. The molecule has 18 heavy (non-hydrogen) atoms. The van der Waals surface area contributed by atoms with E-state index in [9.17, 15) is 10.1 Å². The largest absolute Gasteiger partial charge is 0.433 e. The Bertz CT molecular complexity index is 580. The highest BCUT2D eigenvalue weighted by Gasteiger charge is 2.11. The molecule has 1 aromatic heterocycles. The van der Waals surface area contributed by atoms with Gasteiger partial charge in [0.1, 0.15) is 10.7 Å². The Morgan fingerprint density at radius 3 is 2.78 bits per heavy atom. The molecule has 6 heteroatoms. The molecule has 2 aromatic rings. The first-order chi connectivity index (χ1) is 8.56. The minimum atomic E-state index is -0.540. The highest BCUT2D eigenvalue weighted by Crippen LogP contribution is 2.27. The number of nitrogen functional groups attached to an aromatic ring is 1. The molecule has 1 heterocycles. The lowest BCUT2D eigenvalue weighted by Gasteiger charge is -2.03. The second-order valence-corrected chi connectivity index (χ2v) is 4.85. The summed E-state index contributed by atoms with van der Waals surface area (Å²) in [6, 6.07) is 8.74. The summed E-state index contributed by atoms with van der Waals surface area (Å²) in [5.74, 6) is 0.914. The molecule has 2 N–H and O–H groups in total. The van der Waals surface area contributed by atoms with E-state index < -0.39 is 4.92 Å². The maximum Gasteiger partial charge on any atom is 0.433 e. The SMILES string of the molecule is Cc1cc(SCc2ccc([N+](=O)[O-])o2)ccc1N. The van der Waals surface area contributed by atoms with Crippen molar-refractivity contribution in [3.8, 4) is 0 Å². The van der Waals surface area contributed by atoms with E-state index in [-0.39, 0.29) is 5.88 Å². The Hall–Kier alpha value is -1.95. The summed E-state index contributed by atoms with van der Waals surface area (Å²) >= 11 is 1.55. The van der Waals surface area contributed by atoms with Gasteiger partial charge in [-0.25, -0.2) is 0 Å². The third kappa shape index (κ3) is 2.84. The fourth-order valence-corrected chi connectivity index (χ4v) is 2.32. The zero-order valence-electron chi connectivity index (χ0n) is 9.75. The van der Waals surface area contributed by atoms with Gasteiger partial charge in [-0.05, 0) is 36.8 Å². The fourth-order valence-electron chi connectivity index (χ4n) is 1.43. The van der Waals surface area contributed by atoms with E-state index in [0.717, 1.165) is 16.1 Å². The lowest BCUT2D eigenvalue weighted by atomic mass is 10.2. The first-order valence-electron chi connectivity index (χ1n) is 5.28. The zero-order valence-corrected chi connectivity index (χ0v) is 10.6. The molecule has 0 bridgehead atoms. The molecule has 2 rings (SSSR count). The molecule has 1 aromatic carbocycles. The number of hydrogen-bond acceptors (Lipinski definition) is 5. The Kier molecular flexibility index (Phi) is 3.57. The van der Waals surface area contributed by atoms with E-state index in [4.69, 9.17) is 10.2 Å². The van der Waals surface area contributed by atoms with Crippen LogP contribution in [0.5, 0.6) is 0 Å². The van der Waals surface area contributed by atoms with Crippen LogP contribution in [0.1, 0.15) is 11.3 Å². The van der Waals surface area contributed by atoms with Gasteiger partial charge in [0.05, 0.1) is 11.8 Å². The average molecular weight is 264 g/mol. The van der Waals surface area contributed by atoms with Gasteiger partial charge in [0.2, 0.25) is 0 Å². The summed E-state index contributed by atoms with van der Waals surface area (Å²) in [5, 5.41) is 10.5. The third-order valence-corrected chi connectivity index (χ3v) is 3.47. The summed E-state index contributed by atoms with van der Waals surface area (Å²) in [6.45, 7) is 1.94. The number of anilines is 1. The van der Waals surface area contributed by atoms with Crippen molar-refractivity contribution in [3.63, 3.8) is 0 Å². The Morgan fingerprint density at radius 1 is 1.39 bits per heavy atom. The molecule has 0 aliphatic rings. The first-order valence-corrected chi connectivity index (χ1v) is 6.27. The molecule has 94 valence electrons. The van der Waals surface area contributed by atoms with Crippen LogP contribution in [0.25, 0.3) is 0 Å². The van der Waals surface area contributed by atoms with Crippen molar-refractivity contribution in [3.05, 3.63) is 51.8 Å². The van der Waals surface area contributed by atoms with Gasteiger partial charge in [0, 0.05) is 10.6 Å².